The Balaban J connectivity index is 2.80. The van der Waals surface area contributed by atoms with Crippen LogP contribution in [0.15, 0.2) is 47.4 Å². The lowest BCUT2D eigenvalue weighted by Crippen LogP contribution is -2.08. The van der Waals surface area contributed by atoms with Crippen molar-refractivity contribution in [1.82, 2.24) is 0 Å². The highest BCUT2D eigenvalue weighted by atomic mass is 127. The summed E-state index contributed by atoms with van der Waals surface area (Å²) in [6, 6.07) is 12.9. The Morgan fingerprint density at radius 1 is 0.938 bits per heavy atom. The maximum absolute atomic E-state index is 12.1. The topological polar surface area (TPSA) is 34.1 Å². The number of hydrogen-bond acceptors (Lipinski definition) is 2. The molecule has 2 aromatic rings. The molecule has 0 bridgehead atoms. The molecule has 2 aromatic carbocycles. The number of benzene rings is 2. The molecule has 0 fully saturated rings. The lowest BCUT2D eigenvalue weighted by Gasteiger charge is -2.08. The average molecular weight is 458 g/mol. The summed E-state index contributed by atoms with van der Waals surface area (Å²) in [6.45, 7) is 0. The molecular formula is C11H8I2O2S. The molecule has 2 nitrogen and oxygen atoms in total. The molecule has 0 N–H and O–H groups in total. The number of hydrogen-bond donors (Lipinski definition) is 0. The fraction of sp³-hybridized carbons (Fsp3) is 0.0909. The zero-order valence-corrected chi connectivity index (χ0v) is 13.2. The molecule has 0 saturated carbocycles. The number of sulfone groups is 1. The van der Waals surface area contributed by atoms with E-state index in [9.17, 15) is 8.42 Å². The van der Waals surface area contributed by atoms with Crippen LogP contribution in [0, 0.1) is 0 Å². The lowest BCUT2D eigenvalue weighted by molar-refractivity contribution is 0.601. The summed E-state index contributed by atoms with van der Waals surface area (Å²) in [5, 5.41) is 1.75. The van der Waals surface area contributed by atoms with Crippen molar-refractivity contribution in [3.8, 4) is 0 Å². The molecule has 2 rings (SSSR count). The molecule has 0 aliphatic rings. The normalized spacial score (nSPS) is 12.2. The Bertz CT molecular complexity index is 615. The van der Waals surface area contributed by atoms with Crippen LogP contribution in [0.4, 0.5) is 0 Å². The summed E-state index contributed by atoms with van der Waals surface area (Å²) >= 11 is 3.84. The molecule has 0 saturated heterocycles. The predicted octanol–water partition coefficient (Wildman–Crippen LogP) is 3.77. The largest absolute Gasteiger partial charge is 0.222 e. The molecule has 0 spiro atoms. The summed E-state index contributed by atoms with van der Waals surface area (Å²) in [5.41, 5.74) is 0. The third-order valence-corrected chi connectivity index (χ3v) is 7.75. The van der Waals surface area contributed by atoms with E-state index < -0.39 is 11.1 Å². The quantitative estimate of drug-likeness (QED) is 0.508. The number of fused-ring (bicyclic) bond motifs is 1. The second-order valence-corrected chi connectivity index (χ2v) is 11.8. The average Bonchev–Trinajstić information content (AvgIpc) is 2.28. The Kier molecular flexibility index (Phi) is 3.75. The van der Waals surface area contributed by atoms with Gasteiger partial charge in [-0.2, -0.15) is 0 Å². The van der Waals surface area contributed by atoms with Gasteiger partial charge in [-0.15, -0.1) is 0 Å². The van der Waals surface area contributed by atoms with Gasteiger partial charge in [-0.05, 0) is 11.5 Å². The molecule has 0 atom stereocenters. The van der Waals surface area contributed by atoms with Crippen LogP contribution in [0.1, 0.15) is 0 Å². The Labute approximate surface area is 122 Å². The summed E-state index contributed by atoms with van der Waals surface area (Å²) < 4.78 is 23.8. The van der Waals surface area contributed by atoms with Gasteiger partial charge in [0.2, 0.25) is 0 Å². The van der Waals surface area contributed by atoms with Crippen molar-refractivity contribution in [2.45, 2.75) is 6.16 Å². The first-order valence-corrected chi connectivity index (χ1v) is 8.57. The molecule has 5 heteroatoms. The van der Waals surface area contributed by atoms with Gasteiger partial charge in [0.05, 0.1) is 4.90 Å². The zero-order valence-electron chi connectivity index (χ0n) is 8.10. The Morgan fingerprint density at radius 3 is 2.25 bits per heavy atom. The van der Waals surface area contributed by atoms with Crippen LogP contribution in [0.2, 0.25) is 0 Å². The minimum absolute atomic E-state index is 0.416. The fourth-order valence-electron chi connectivity index (χ4n) is 1.54. The molecule has 16 heavy (non-hydrogen) atoms. The molecule has 0 unspecified atom stereocenters. The maximum Gasteiger partial charge on any atom is 0.200 e. The first-order chi connectivity index (χ1) is 7.53. The van der Waals surface area contributed by atoms with E-state index in [1.54, 1.807) is 12.1 Å². The Hall–Kier alpha value is 0.110. The molecule has 0 heterocycles. The van der Waals surface area contributed by atoms with E-state index in [1.165, 1.54) is 0 Å². The zero-order chi connectivity index (χ0) is 11.8. The summed E-state index contributed by atoms with van der Waals surface area (Å²) in [5.74, 6) is 0. The van der Waals surface area contributed by atoms with E-state index in [0.717, 1.165) is 10.8 Å². The van der Waals surface area contributed by atoms with Crippen LogP contribution in [-0.4, -0.2) is 9.68 Å². The van der Waals surface area contributed by atoms with Gasteiger partial charge < -0.3 is 0 Å². The molecule has 0 aliphatic heterocycles. The van der Waals surface area contributed by atoms with Crippen molar-refractivity contribution < 1.29 is 8.42 Å². The van der Waals surface area contributed by atoms with Gasteiger partial charge >= 0.3 is 0 Å². The van der Waals surface area contributed by atoms with Gasteiger partial charge in [-0.3, -0.25) is 0 Å². The second-order valence-electron chi connectivity index (χ2n) is 3.28. The van der Waals surface area contributed by atoms with Crippen molar-refractivity contribution in [3.63, 3.8) is 0 Å². The number of halogens is 2. The standard InChI is InChI=1S/C11H8I2O2S/c12-11(13)16(14,15)10-7-3-5-8-4-1-2-6-9(8)10/h1-7,11H. The van der Waals surface area contributed by atoms with Crippen molar-refractivity contribution >= 4 is 65.8 Å². The molecule has 0 aliphatic carbocycles. The van der Waals surface area contributed by atoms with Crippen LogP contribution in [0.25, 0.3) is 10.8 Å². The van der Waals surface area contributed by atoms with Crippen molar-refractivity contribution in [2.24, 2.45) is 0 Å². The van der Waals surface area contributed by atoms with E-state index in [0.29, 0.717) is 4.90 Å². The Morgan fingerprint density at radius 2 is 1.56 bits per heavy atom. The van der Waals surface area contributed by atoms with Gasteiger partial charge in [0.25, 0.3) is 0 Å². The highest BCUT2D eigenvalue weighted by molar-refractivity contribution is 14.2. The summed E-state index contributed by atoms with van der Waals surface area (Å²) in [6.07, 6.45) is 0. The SMILES string of the molecule is O=S(=O)(c1cccc2ccccc12)C(I)I. The lowest BCUT2D eigenvalue weighted by atomic mass is 10.1. The third-order valence-electron chi connectivity index (χ3n) is 2.29. The van der Waals surface area contributed by atoms with Gasteiger partial charge in [0, 0.05) is 5.39 Å². The van der Waals surface area contributed by atoms with Crippen LogP contribution in [0.3, 0.4) is 0 Å². The van der Waals surface area contributed by atoms with Crippen molar-refractivity contribution in [2.75, 3.05) is 0 Å². The highest BCUT2D eigenvalue weighted by Gasteiger charge is 2.23. The van der Waals surface area contributed by atoms with E-state index in [2.05, 4.69) is 0 Å². The molecule has 84 valence electrons. The van der Waals surface area contributed by atoms with Gasteiger partial charge in [0.1, 0.15) is 0 Å². The summed E-state index contributed by atoms with van der Waals surface area (Å²) in [4.78, 5) is 0.416. The minimum Gasteiger partial charge on any atom is -0.222 e. The highest BCUT2D eigenvalue weighted by Crippen LogP contribution is 2.30. The van der Waals surface area contributed by atoms with E-state index in [-0.39, 0.29) is 0 Å². The first kappa shape index (κ1) is 12.6. The molecule has 0 aromatic heterocycles. The first-order valence-electron chi connectivity index (χ1n) is 4.53. The third kappa shape index (κ3) is 2.21. The van der Waals surface area contributed by atoms with Gasteiger partial charge in [0.15, 0.2) is 11.1 Å². The van der Waals surface area contributed by atoms with Crippen LogP contribution in [-0.2, 0) is 9.84 Å². The monoisotopic (exact) mass is 458 g/mol. The van der Waals surface area contributed by atoms with Crippen molar-refractivity contribution in [1.29, 1.82) is 0 Å². The number of rotatable bonds is 2. The van der Waals surface area contributed by atoms with Crippen LogP contribution >= 0.6 is 45.2 Å². The maximum atomic E-state index is 12.1. The number of alkyl halides is 2. The van der Waals surface area contributed by atoms with E-state index in [1.807, 2.05) is 75.5 Å². The minimum atomic E-state index is -3.23. The smallest absolute Gasteiger partial charge is 0.200 e. The van der Waals surface area contributed by atoms with Crippen LogP contribution < -0.4 is 0 Å². The van der Waals surface area contributed by atoms with Gasteiger partial charge in [-0.25, -0.2) is 8.42 Å². The van der Waals surface area contributed by atoms with Gasteiger partial charge in [-0.1, -0.05) is 81.6 Å². The second kappa shape index (κ2) is 4.77. The van der Waals surface area contributed by atoms with E-state index in [4.69, 9.17) is 0 Å². The molecule has 0 radical (unpaired) electrons. The molecular weight excluding hydrogens is 450 g/mol. The van der Waals surface area contributed by atoms with Crippen LogP contribution in [0.5, 0.6) is 0 Å². The van der Waals surface area contributed by atoms with E-state index >= 15 is 0 Å². The van der Waals surface area contributed by atoms with Crippen molar-refractivity contribution in [3.05, 3.63) is 42.5 Å². The summed E-state index contributed by atoms with van der Waals surface area (Å²) in [7, 11) is -3.23. The molecule has 0 amide bonds. The fourth-order valence-corrected chi connectivity index (χ4v) is 4.14. The predicted molar refractivity (Wildman–Crippen MR) is 83.0 cm³/mol.